The number of hydrogen-bond donors (Lipinski definition) is 1. The van der Waals surface area contributed by atoms with Crippen molar-refractivity contribution in [2.45, 2.75) is 19.4 Å². The summed E-state index contributed by atoms with van der Waals surface area (Å²) in [5, 5.41) is 15.4. The summed E-state index contributed by atoms with van der Waals surface area (Å²) in [5.74, 6) is 1.50. The maximum Gasteiger partial charge on any atom is 0.163 e. The molecule has 3 rings (SSSR count). The van der Waals surface area contributed by atoms with Crippen LogP contribution in [0.3, 0.4) is 0 Å². The largest absolute Gasteiger partial charge is 0.491 e. The number of likely N-dealkylation sites (N-methyl/N-ethyl adjacent to an activating group) is 1. The Morgan fingerprint density at radius 1 is 1.24 bits per heavy atom. The van der Waals surface area contributed by atoms with E-state index in [1.165, 1.54) is 11.9 Å². The van der Waals surface area contributed by atoms with Gasteiger partial charge in [-0.05, 0) is 24.1 Å². The Balaban J connectivity index is 1.60. The van der Waals surface area contributed by atoms with Crippen LogP contribution in [-0.4, -0.2) is 51.2 Å². The van der Waals surface area contributed by atoms with Crippen molar-refractivity contribution in [1.29, 1.82) is 0 Å². The van der Waals surface area contributed by atoms with Crippen LogP contribution in [0.2, 0.25) is 0 Å². The van der Waals surface area contributed by atoms with Crippen LogP contribution in [0.4, 0.5) is 5.82 Å². The number of aryl methyl sites for hydroxylation is 2. The first kappa shape index (κ1) is 17.2. The van der Waals surface area contributed by atoms with E-state index in [4.69, 9.17) is 4.74 Å². The van der Waals surface area contributed by atoms with E-state index in [-0.39, 0.29) is 6.61 Å². The predicted molar refractivity (Wildman–Crippen MR) is 96.9 cm³/mol. The Hall–Kier alpha value is -2.67. The number of benzene rings is 1. The molecule has 0 aliphatic rings. The third kappa shape index (κ3) is 3.88. The second-order valence-electron chi connectivity index (χ2n) is 6.05. The molecule has 25 heavy (non-hydrogen) atoms. The van der Waals surface area contributed by atoms with Crippen molar-refractivity contribution in [3.05, 3.63) is 42.4 Å². The lowest BCUT2D eigenvalue weighted by Gasteiger charge is -2.22. The summed E-state index contributed by atoms with van der Waals surface area (Å²) in [6.07, 6.45) is 3.60. The van der Waals surface area contributed by atoms with Crippen LogP contribution in [0.25, 0.3) is 11.0 Å². The third-order valence-electron chi connectivity index (χ3n) is 4.13. The van der Waals surface area contributed by atoms with Gasteiger partial charge < -0.3 is 14.7 Å². The van der Waals surface area contributed by atoms with Gasteiger partial charge in [0.2, 0.25) is 0 Å². The molecule has 1 aromatic carbocycles. The van der Waals surface area contributed by atoms with Gasteiger partial charge in [0.25, 0.3) is 0 Å². The van der Waals surface area contributed by atoms with Crippen molar-refractivity contribution in [2.24, 2.45) is 7.05 Å². The zero-order valence-electron chi connectivity index (χ0n) is 14.8. The summed E-state index contributed by atoms with van der Waals surface area (Å²) in [6, 6.07) is 7.93. The first-order valence-corrected chi connectivity index (χ1v) is 8.32. The van der Waals surface area contributed by atoms with E-state index in [0.717, 1.165) is 29.0 Å². The number of ether oxygens (including phenoxy) is 1. The van der Waals surface area contributed by atoms with Gasteiger partial charge in [0, 0.05) is 20.6 Å². The molecule has 0 aliphatic carbocycles. The molecule has 0 saturated heterocycles. The smallest absolute Gasteiger partial charge is 0.163 e. The van der Waals surface area contributed by atoms with Gasteiger partial charge in [-0.25, -0.2) is 9.97 Å². The normalized spacial score (nSPS) is 12.3. The predicted octanol–water partition coefficient (Wildman–Crippen LogP) is 1.80. The Kier molecular flexibility index (Phi) is 5.14. The first-order chi connectivity index (χ1) is 12.1. The number of rotatable bonds is 7. The highest BCUT2D eigenvalue weighted by Crippen LogP contribution is 2.21. The second-order valence-corrected chi connectivity index (χ2v) is 6.05. The van der Waals surface area contributed by atoms with E-state index in [2.05, 4.69) is 22.0 Å². The molecule has 0 radical (unpaired) electrons. The van der Waals surface area contributed by atoms with Gasteiger partial charge in [0.15, 0.2) is 5.65 Å². The molecule has 0 amide bonds. The van der Waals surface area contributed by atoms with E-state index in [1.54, 1.807) is 10.9 Å². The third-order valence-corrected chi connectivity index (χ3v) is 4.13. The maximum atomic E-state index is 10.3. The van der Waals surface area contributed by atoms with Crippen LogP contribution in [-0.2, 0) is 13.5 Å². The minimum atomic E-state index is -0.641. The molecule has 0 bridgehead atoms. The van der Waals surface area contributed by atoms with Crippen molar-refractivity contribution < 1.29 is 9.84 Å². The zero-order chi connectivity index (χ0) is 17.8. The molecule has 0 spiro atoms. The monoisotopic (exact) mass is 341 g/mol. The van der Waals surface area contributed by atoms with Crippen LogP contribution in [0, 0.1) is 0 Å². The van der Waals surface area contributed by atoms with E-state index >= 15 is 0 Å². The van der Waals surface area contributed by atoms with Gasteiger partial charge in [0.1, 0.15) is 30.6 Å². The molecule has 0 fully saturated rings. The number of nitrogens with zero attached hydrogens (tertiary/aromatic N) is 5. The van der Waals surface area contributed by atoms with E-state index < -0.39 is 6.10 Å². The Bertz CT molecular complexity index is 831. The number of aromatic nitrogens is 4. The fourth-order valence-electron chi connectivity index (χ4n) is 2.72. The molecule has 132 valence electrons. The fraction of sp³-hybridized carbons (Fsp3) is 0.389. The minimum Gasteiger partial charge on any atom is -0.491 e. The standard InChI is InChI=1S/C18H23N5O2/c1-4-13-5-7-15(8-6-13)25-11-14(24)10-22(2)17-16-9-21-23(3)18(16)20-12-19-17/h5-9,12,14,24H,4,10-11H2,1-3H3/t14-/m1/s1. The molecular formula is C18H23N5O2. The molecule has 0 unspecified atom stereocenters. The van der Waals surface area contributed by atoms with Crippen LogP contribution >= 0.6 is 0 Å². The van der Waals surface area contributed by atoms with Gasteiger partial charge in [-0.15, -0.1) is 0 Å². The Morgan fingerprint density at radius 2 is 2.00 bits per heavy atom. The van der Waals surface area contributed by atoms with Crippen molar-refractivity contribution in [3.63, 3.8) is 0 Å². The highest BCUT2D eigenvalue weighted by molar-refractivity contribution is 5.86. The Morgan fingerprint density at radius 3 is 2.72 bits per heavy atom. The van der Waals surface area contributed by atoms with Crippen molar-refractivity contribution in [2.75, 3.05) is 25.1 Å². The van der Waals surface area contributed by atoms with Crippen LogP contribution in [0.5, 0.6) is 5.75 Å². The topological polar surface area (TPSA) is 76.3 Å². The number of fused-ring (bicyclic) bond motifs is 1. The van der Waals surface area contributed by atoms with Gasteiger partial charge in [-0.1, -0.05) is 19.1 Å². The van der Waals surface area contributed by atoms with E-state index in [1.807, 2.05) is 43.3 Å². The average Bonchev–Trinajstić information content (AvgIpc) is 3.01. The molecule has 1 N–H and O–H groups in total. The summed E-state index contributed by atoms with van der Waals surface area (Å²) < 4.78 is 7.37. The number of anilines is 1. The first-order valence-electron chi connectivity index (χ1n) is 8.32. The van der Waals surface area contributed by atoms with Crippen LogP contribution < -0.4 is 9.64 Å². The summed E-state index contributed by atoms with van der Waals surface area (Å²) in [5.41, 5.74) is 2.02. The molecule has 0 aliphatic heterocycles. The Labute approximate surface area is 146 Å². The van der Waals surface area contributed by atoms with Crippen LogP contribution in [0.15, 0.2) is 36.8 Å². The molecule has 0 saturated carbocycles. The molecular weight excluding hydrogens is 318 g/mol. The summed E-state index contributed by atoms with van der Waals surface area (Å²) in [6.45, 7) is 2.73. The molecule has 3 aromatic rings. The maximum absolute atomic E-state index is 10.3. The van der Waals surface area contributed by atoms with Crippen molar-refractivity contribution >= 4 is 16.9 Å². The highest BCUT2D eigenvalue weighted by Gasteiger charge is 2.15. The molecule has 2 aromatic heterocycles. The molecule has 7 heteroatoms. The van der Waals surface area contributed by atoms with Gasteiger partial charge in [0.05, 0.1) is 11.6 Å². The fourth-order valence-corrected chi connectivity index (χ4v) is 2.72. The van der Waals surface area contributed by atoms with Gasteiger partial charge in [-0.3, -0.25) is 4.68 Å². The summed E-state index contributed by atoms with van der Waals surface area (Å²) >= 11 is 0. The van der Waals surface area contributed by atoms with Crippen LogP contribution in [0.1, 0.15) is 12.5 Å². The summed E-state index contributed by atoms with van der Waals surface area (Å²) in [7, 11) is 3.72. The second kappa shape index (κ2) is 7.48. The van der Waals surface area contributed by atoms with Gasteiger partial charge >= 0.3 is 0 Å². The number of hydrogen-bond acceptors (Lipinski definition) is 6. The zero-order valence-corrected chi connectivity index (χ0v) is 14.8. The van der Waals surface area contributed by atoms with E-state index in [0.29, 0.717) is 6.54 Å². The molecule has 2 heterocycles. The van der Waals surface area contributed by atoms with E-state index in [9.17, 15) is 5.11 Å². The van der Waals surface area contributed by atoms with Crippen molar-refractivity contribution in [3.8, 4) is 5.75 Å². The quantitative estimate of drug-likeness (QED) is 0.706. The highest BCUT2D eigenvalue weighted by atomic mass is 16.5. The molecule has 1 atom stereocenters. The average molecular weight is 341 g/mol. The lowest BCUT2D eigenvalue weighted by molar-refractivity contribution is 0.113. The lowest BCUT2D eigenvalue weighted by atomic mass is 10.2. The number of aliphatic hydroxyl groups is 1. The van der Waals surface area contributed by atoms with Crippen molar-refractivity contribution in [1.82, 2.24) is 19.7 Å². The number of aliphatic hydroxyl groups excluding tert-OH is 1. The SMILES string of the molecule is CCc1ccc(OC[C@H](O)CN(C)c2ncnc3c2cnn3C)cc1. The minimum absolute atomic E-state index is 0.219. The lowest BCUT2D eigenvalue weighted by Crippen LogP contribution is -2.33. The van der Waals surface area contributed by atoms with Gasteiger partial charge in [-0.2, -0.15) is 5.10 Å². The molecule has 7 nitrogen and oxygen atoms in total. The summed E-state index contributed by atoms with van der Waals surface area (Å²) in [4.78, 5) is 10.4.